The molecule has 0 spiro atoms. The summed E-state index contributed by atoms with van der Waals surface area (Å²) in [5.41, 5.74) is 2.82. The van der Waals surface area contributed by atoms with Crippen molar-refractivity contribution < 1.29 is 14.3 Å². The topological polar surface area (TPSA) is 58.6 Å². The first-order chi connectivity index (χ1) is 15.1. The lowest BCUT2D eigenvalue weighted by Gasteiger charge is -2.31. The number of benzene rings is 2. The van der Waals surface area contributed by atoms with Gasteiger partial charge in [-0.25, -0.2) is 0 Å². The van der Waals surface area contributed by atoms with Crippen LogP contribution < -0.4 is 10.1 Å². The van der Waals surface area contributed by atoms with E-state index in [1.54, 1.807) is 18.2 Å². The number of halogens is 2. The fraction of sp³-hybridized carbons (Fsp3) is 0.440. The summed E-state index contributed by atoms with van der Waals surface area (Å²) in [6.07, 6.45) is 1.26. The van der Waals surface area contributed by atoms with Gasteiger partial charge in [-0.1, -0.05) is 49.2 Å². The van der Waals surface area contributed by atoms with Crippen molar-refractivity contribution in [1.82, 2.24) is 10.2 Å². The molecule has 0 aromatic heterocycles. The summed E-state index contributed by atoms with van der Waals surface area (Å²) >= 11 is 12.4. The number of nitrogens with zero attached hydrogens (tertiary/aromatic N) is 1. The van der Waals surface area contributed by atoms with Crippen molar-refractivity contribution in [2.45, 2.75) is 66.1 Å². The van der Waals surface area contributed by atoms with E-state index in [0.29, 0.717) is 27.8 Å². The molecule has 5 nitrogen and oxygen atoms in total. The van der Waals surface area contributed by atoms with Gasteiger partial charge in [-0.15, -0.1) is 0 Å². The van der Waals surface area contributed by atoms with Crippen molar-refractivity contribution in [3.05, 3.63) is 63.1 Å². The molecule has 0 heterocycles. The fourth-order valence-electron chi connectivity index (χ4n) is 3.44. The molecule has 0 fully saturated rings. The van der Waals surface area contributed by atoms with Gasteiger partial charge >= 0.3 is 0 Å². The Morgan fingerprint density at radius 1 is 1.03 bits per heavy atom. The SMILES string of the molecule is CC[C@@H](C)NC(=O)[C@@H](CC)N(Cc1ccc(Cl)cc1Cl)C(=O)COc1cc(C)cc(C)c1. The molecule has 0 unspecified atom stereocenters. The number of ether oxygens (including phenoxy) is 1. The Labute approximate surface area is 201 Å². The number of carbonyl (C=O) groups is 2. The third-order valence-electron chi connectivity index (χ3n) is 5.30. The largest absolute Gasteiger partial charge is 0.484 e. The van der Waals surface area contributed by atoms with E-state index in [1.807, 2.05) is 52.8 Å². The summed E-state index contributed by atoms with van der Waals surface area (Å²) in [4.78, 5) is 27.8. The first-order valence-corrected chi connectivity index (χ1v) is 11.6. The van der Waals surface area contributed by atoms with Crippen LogP contribution in [0.5, 0.6) is 5.75 Å². The van der Waals surface area contributed by atoms with E-state index in [2.05, 4.69) is 5.32 Å². The van der Waals surface area contributed by atoms with Crippen LogP contribution in [0.15, 0.2) is 36.4 Å². The third kappa shape index (κ3) is 7.42. The normalized spacial score (nSPS) is 12.7. The van der Waals surface area contributed by atoms with Gasteiger partial charge in [-0.05, 0) is 74.6 Å². The highest BCUT2D eigenvalue weighted by molar-refractivity contribution is 6.35. The number of rotatable bonds is 10. The highest BCUT2D eigenvalue weighted by Crippen LogP contribution is 2.24. The highest BCUT2D eigenvalue weighted by atomic mass is 35.5. The van der Waals surface area contributed by atoms with E-state index >= 15 is 0 Å². The molecule has 2 aromatic carbocycles. The quantitative estimate of drug-likeness (QED) is 0.475. The van der Waals surface area contributed by atoms with Gasteiger partial charge in [-0.2, -0.15) is 0 Å². The van der Waals surface area contributed by atoms with Gasteiger partial charge in [0.05, 0.1) is 0 Å². The maximum atomic E-state index is 13.3. The van der Waals surface area contributed by atoms with Crippen molar-refractivity contribution in [2.24, 2.45) is 0 Å². The molecular formula is C25H32Cl2N2O3. The van der Waals surface area contributed by atoms with Gasteiger partial charge in [0.1, 0.15) is 11.8 Å². The lowest BCUT2D eigenvalue weighted by Crippen LogP contribution is -2.51. The minimum absolute atomic E-state index is 0.0131. The van der Waals surface area contributed by atoms with Gasteiger partial charge in [0.2, 0.25) is 5.91 Å². The van der Waals surface area contributed by atoms with E-state index in [1.165, 1.54) is 4.90 Å². The molecule has 0 aliphatic carbocycles. The minimum atomic E-state index is -0.647. The minimum Gasteiger partial charge on any atom is -0.484 e. The Morgan fingerprint density at radius 3 is 2.25 bits per heavy atom. The number of amides is 2. The lowest BCUT2D eigenvalue weighted by atomic mass is 10.1. The zero-order valence-corrected chi connectivity index (χ0v) is 20.9. The maximum Gasteiger partial charge on any atom is 0.261 e. The first-order valence-electron chi connectivity index (χ1n) is 10.9. The molecule has 174 valence electrons. The molecule has 2 aromatic rings. The molecule has 0 saturated heterocycles. The van der Waals surface area contributed by atoms with E-state index < -0.39 is 6.04 Å². The predicted molar refractivity (Wildman–Crippen MR) is 130 cm³/mol. The Kier molecular flexibility index (Phi) is 9.85. The summed E-state index contributed by atoms with van der Waals surface area (Å²) in [6.45, 7) is 9.77. The number of hydrogen-bond acceptors (Lipinski definition) is 3. The zero-order chi connectivity index (χ0) is 23.8. The van der Waals surface area contributed by atoms with Crippen molar-refractivity contribution in [3.8, 4) is 5.75 Å². The van der Waals surface area contributed by atoms with Crippen LogP contribution in [0.25, 0.3) is 0 Å². The summed E-state index contributed by atoms with van der Waals surface area (Å²) in [5.74, 6) is 0.144. The number of carbonyl (C=O) groups excluding carboxylic acids is 2. The van der Waals surface area contributed by atoms with Crippen LogP contribution in [0.1, 0.15) is 50.3 Å². The Balaban J connectivity index is 2.28. The fourth-order valence-corrected chi connectivity index (χ4v) is 3.91. The van der Waals surface area contributed by atoms with Crippen LogP contribution in [0.3, 0.4) is 0 Å². The van der Waals surface area contributed by atoms with E-state index in [9.17, 15) is 9.59 Å². The van der Waals surface area contributed by atoms with Crippen molar-refractivity contribution in [2.75, 3.05) is 6.61 Å². The molecule has 0 saturated carbocycles. The van der Waals surface area contributed by atoms with Crippen LogP contribution in [-0.4, -0.2) is 35.4 Å². The van der Waals surface area contributed by atoms with E-state index in [-0.39, 0.29) is 31.0 Å². The predicted octanol–water partition coefficient (Wildman–Crippen LogP) is 5.71. The number of hydrogen-bond donors (Lipinski definition) is 1. The van der Waals surface area contributed by atoms with Crippen LogP contribution >= 0.6 is 23.2 Å². The molecule has 0 radical (unpaired) electrons. The summed E-state index contributed by atoms with van der Waals surface area (Å²) in [7, 11) is 0. The Bertz CT molecular complexity index is 929. The second-order valence-electron chi connectivity index (χ2n) is 8.11. The molecule has 2 atom stereocenters. The van der Waals surface area contributed by atoms with Gasteiger partial charge in [-0.3, -0.25) is 9.59 Å². The molecule has 0 bridgehead atoms. The van der Waals surface area contributed by atoms with Gasteiger partial charge < -0.3 is 15.0 Å². The van der Waals surface area contributed by atoms with Crippen LogP contribution in [-0.2, 0) is 16.1 Å². The summed E-state index contributed by atoms with van der Waals surface area (Å²) in [6, 6.07) is 10.3. The highest BCUT2D eigenvalue weighted by Gasteiger charge is 2.30. The summed E-state index contributed by atoms with van der Waals surface area (Å²) in [5, 5.41) is 3.94. The molecule has 2 amide bonds. The third-order valence-corrected chi connectivity index (χ3v) is 5.89. The van der Waals surface area contributed by atoms with Crippen molar-refractivity contribution in [3.63, 3.8) is 0 Å². The molecule has 2 rings (SSSR count). The summed E-state index contributed by atoms with van der Waals surface area (Å²) < 4.78 is 5.80. The van der Waals surface area contributed by atoms with E-state index in [0.717, 1.165) is 17.5 Å². The van der Waals surface area contributed by atoms with Crippen LogP contribution in [0.2, 0.25) is 10.0 Å². The molecule has 7 heteroatoms. The molecular weight excluding hydrogens is 447 g/mol. The van der Waals surface area contributed by atoms with Gasteiger partial charge in [0.25, 0.3) is 5.91 Å². The maximum absolute atomic E-state index is 13.3. The average Bonchev–Trinajstić information content (AvgIpc) is 2.72. The van der Waals surface area contributed by atoms with Crippen molar-refractivity contribution in [1.29, 1.82) is 0 Å². The lowest BCUT2D eigenvalue weighted by molar-refractivity contribution is -0.143. The van der Waals surface area contributed by atoms with Crippen LogP contribution in [0.4, 0.5) is 0 Å². The monoisotopic (exact) mass is 478 g/mol. The second kappa shape index (κ2) is 12.1. The number of nitrogens with one attached hydrogen (secondary N) is 1. The van der Waals surface area contributed by atoms with Gasteiger partial charge in [0, 0.05) is 22.6 Å². The van der Waals surface area contributed by atoms with Crippen LogP contribution in [0, 0.1) is 13.8 Å². The zero-order valence-electron chi connectivity index (χ0n) is 19.4. The Morgan fingerprint density at radius 2 is 1.69 bits per heavy atom. The van der Waals surface area contributed by atoms with Gasteiger partial charge in [0.15, 0.2) is 6.61 Å². The second-order valence-corrected chi connectivity index (χ2v) is 8.96. The van der Waals surface area contributed by atoms with Crippen molar-refractivity contribution >= 4 is 35.0 Å². The number of aryl methyl sites for hydroxylation is 2. The average molecular weight is 479 g/mol. The van der Waals surface area contributed by atoms with E-state index in [4.69, 9.17) is 27.9 Å². The molecule has 32 heavy (non-hydrogen) atoms. The molecule has 0 aliphatic heterocycles. The Hall–Kier alpha value is -2.24. The molecule has 0 aliphatic rings. The first kappa shape index (κ1) is 26.0. The smallest absolute Gasteiger partial charge is 0.261 e. The standard InChI is InChI=1S/C25H32Cl2N2O3/c1-6-18(5)28-25(31)23(7-2)29(14-19-8-9-20(26)13-22(19)27)24(30)15-32-21-11-16(3)10-17(4)12-21/h8-13,18,23H,6-7,14-15H2,1-5H3,(H,28,31)/t18-,23-/m1/s1. The molecule has 1 N–H and O–H groups in total.